The highest BCUT2D eigenvalue weighted by Gasteiger charge is 2.49. The molecule has 1 fully saturated rings. The molecule has 2 aliphatic heterocycles. The van der Waals surface area contributed by atoms with Crippen molar-refractivity contribution in [1.82, 2.24) is 9.80 Å². The Morgan fingerprint density at radius 2 is 1.82 bits per heavy atom. The molecule has 0 aromatic heterocycles. The SMILES string of the molecule is CN1C(=O)C2C(=Nc3ccccc3N)C(=O)N=C2N(C)C1=O. The molecule has 0 spiro atoms. The molecule has 8 nitrogen and oxygen atoms in total. The Hall–Kier alpha value is -3.03. The Balaban J connectivity index is 2.09. The summed E-state index contributed by atoms with van der Waals surface area (Å²) >= 11 is 0. The summed E-state index contributed by atoms with van der Waals surface area (Å²) in [5, 5.41) is 0. The summed E-state index contributed by atoms with van der Waals surface area (Å²) in [5.74, 6) is -2.03. The summed E-state index contributed by atoms with van der Waals surface area (Å²) in [6.45, 7) is 0. The summed E-state index contributed by atoms with van der Waals surface area (Å²) in [7, 11) is 2.82. The van der Waals surface area contributed by atoms with E-state index in [9.17, 15) is 14.4 Å². The number of nitrogens with zero attached hydrogens (tertiary/aromatic N) is 4. The molecule has 1 aromatic rings. The lowest BCUT2D eigenvalue weighted by Crippen LogP contribution is -2.57. The van der Waals surface area contributed by atoms with Gasteiger partial charge in [-0.15, -0.1) is 0 Å². The molecule has 2 aliphatic rings. The van der Waals surface area contributed by atoms with Crippen LogP contribution in [0.2, 0.25) is 0 Å². The number of anilines is 1. The summed E-state index contributed by atoms with van der Waals surface area (Å²) in [6.07, 6.45) is 0. The van der Waals surface area contributed by atoms with Gasteiger partial charge >= 0.3 is 6.03 Å². The predicted octanol–water partition coefficient (Wildman–Crippen LogP) is 0.420. The van der Waals surface area contributed by atoms with E-state index < -0.39 is 23.8 Å². The molecule has 1 saturated heterocycles. The second kappa shape index (κ2) is 4.76. The number of aliphatic imine (C=N–C) groups is 2. The van der Waals surface area contributed by atoms with Gasteiger partial charge in [0.15, 0.2) is 0 Å². The Morgan fingerprint density at radius 3 is 2.50 bits per heavy atom. The van der Waals surface area contributed by atoms with Crippen LogP contribution in [-0.2, 0) is 9.59 Å². The molecule has 0 saturated carbocycles. The van der Waals surface area contributed by atoms with Crippen LogP contribution in [-0.4, -0.2) is 53.3 Å². The summed E-state index contributed by atoms with van der Waals surface area (Å²) in [5.41, 5.74) is 6.56. The van der Waals surface area contributed by atoms with E-state index in [1.54, 1.807) is 24.3 Å². The minimum Gasteiger partial charge on any atom is -0.397 e. The molecule has 2 N–H and O–H groups in total. The molecule has 1 atom stereocenters. The normalized spacial score (nSPS) is 23.2. The minimum atomic E-state index is -0.972. The second-order valence-corrected chi connectivity index (χ2v) is 5.00. The van der Waals surface area contributed by atoms with Gasteiger partial charge in [0.05, 0.1) is 11.4 Å². The first kappa shape index (κ1) is 13.9. The van der Waals surface area contributed by atoms with Crippen LogP contribution in [0.3, 0.4) is 0 Å². The van der Waals surface area contributed by atoms with E-state index in [4.69, 9.17) is 5.73 Å². The maximum atomic E-state index is 12.3. The van der Waals surface area contributed by atoms with Crippen LogP contribution < -0.4 is 5.73 Å². The van der Waals surface area contributed by atoms with Crippen LogP contribution in [0.25, 0.3) is 0 Å². The number of hydrogen-bond acceptors (Lipinski definition) is 5. The largest absolute Gasteiger partial charge is 0.397 e. The zero-order valence-corrected chi connectivity index (χ0v) is 12.0. The Morgan fingerprint density at radius 1 is 1.14 bits per heavy atom. The molecule has 22 heavy (non-hydrogen) atoms. The van der Waals surface area contributed by atoms with Crippen LogP contribution in [0.15, 0.2) is 34.3 Å². The lowest BCUT2D eigenvalue weighted by Gasteiger charge is -2.32. The average Bonchev–Trinajstić information content (AvgIpc) is 2.82. The first-order chi connectivity index (χ1) is 10.4. The number of amidine groups is 1. The smallest absolute Gasteiger partial charge is 0.331 e. The van der Waals surface area contributed by atoms with Crippen molar-refractivity contribution >= 4 is 40.8 Å². The van der Waals surface area contributed by atoms with Gasteiger partial charge < -0.3 is 5.73 Å². The average molecular weight is 299 g/mol. The Kier molecular flexibility index (Phi) is 3.01. The number of imide groups is 1. The van der Waals surface area contributed by atoms with Gasteiger partial charge in [0.2, 0.25) is 5.91 Å². The third kappa shape index (κ3) is 1.88. The van der Waals surface area contributed by atoms with E-state index in [-0.39, 0.29) is 11.5 Å². The fourth-order valence-electron chi connectivity index (χ4n) is 2.41. The van der Waals surface area contributed by atoms with Crippen molar-refractivity contribution in [3.8, 4) is 0 Å². The van der Waals surface area contributed by atoms with Crippen LogP contribution in [0, 0.1) is 5.92 Å². The Bertz CT molecular complexity index is 767. The molecular weight excluding hydrogens is 286 g/mol. The first-order valence-electron chi connectivity index (χ1n) is 6.53. The van der Waals surface area contributed by atoms with Gasteiger partial charge in [-0.2, -0.15) is 4.99 Å². The number of nitrogen functional groups attached to an aromatic ring is 1. The topological polar surface area (TPSA) is 108 Å². The van der Waals surface area contributed by atoms with Gasteiger partial charge in [0.1, 0.15) is 17.5 Å². The number of fused-ring (bicyclic) bond motifs is 1. The van der Waals surface area contributed by atoms with Gasteiger partial charge in [-0.05, 0) is 12.1 Å². The number of carbonyl (C=O) groups excluding carboxylic acids is 3. The molecule has 0 radical (unpaired) electrons. The van der Waals surface area contributed by atoms with Crippen molar-refractivity contribution in [2.24, 2.45) is 15.9 Å². The number of amides is 4. The summed E-state index contributed by atoms with van der Waals surface area (Å²) in [6, 6.07) is 6.21. The molecule has 1 unspecified atom stereocenters. The number of nitrogens with two attached hydrogens (primary N) is 1. The maximum absolute atomic E-state index is 12.3. The molecule has 3 rings (SSSR count). The molecule has 4 amide bonds. The summed E-state index contributed by atoms with van der Waals surface area (Å²) < 4.78 is 0. The molecular formula is C14H13N5O3. The number of hydrogen-bond donors (Lipinski definition) is 1. The third-order valence-corrected chi connectivity index (χ3v) is 3.64. The van der Waals surface area contributed by atoms with Crippen molar-refractivity contribution < 1.29 is 14.4 Å². The highest BCUT2D eigenvalue weighted by molar-refractivity contribution is 6.55. The van der Waals surface area contributed by atoms with Gasteiger partial charge in [0, 0.05) is 14.1 Å². The zero-order chi connectivity index (χ0) is 16.0. The fourth-order valence-corrected chi connectivity index (χ4v) is 2.41. The Labute approximate surface area is 125 Å². The second-order valence-electron chi connectivity index (χ2n) is 5.00. The van der Waals surface area contributed by atoms with Crippen molar-refractivity contribution in [3.05, 3.63) is 24.3 Å². The van der Waals surface area contributed by atoms with Crippen molar-refractivity contribution in [2.75, 3.05) is 19.8 Å². The van der Waals surface area contributed by atoms with Gasteiger partial charge in [0.25, 0.3) is 5.91 Å². The molecule has 8 heteroatoms. The van der Waals surface area contributed by atoms with Crippen LogP contribution >= 0.6 is 0 Å². The number of rotatable bonds is 1. The van der Waals surface area contributed by atoms with Crippen molar-refractivity contribution in [3.63, 3.8) is 0 Å². The lowest BCUT2D eigenvalue weighted by atomic mass is 9.99. The minimum absolute atomic E-state index is 0.0240. The van der Waals surface area contributed by atoms with Crippen molar-refractivity contribution in [2.45, 2.75) is 0 Å². The molecule has 2 heterocycles. The predicted molar refractivity (Wildman–Crippen MR) is 79.8 cm³/mol. The number of urea groups is 1. The van der Waals surface area contributed by atoms with Crippen molar-refractivity contribution in [1.29, 1.82) is 0 Å². The van der Waals surface area contributed by atoms with Gasteiger partial charge in [-0.25, -0.2) is 9.79 Å². The number of para-hydroxylation sites is 2. The molecule has 1 aromatic carbocycles. The molecule has 0 bridgehead atoms. The van der Waals surface area contributed by atoms with E-state index in [0.29, 0.717) is 11.4 Å². The third-order valence-electron chi connectivity index (χ3n) is 3.64. The molecule has 0 aliphatic carbocycles. The number of carbonyl (C=O) groups is 3. The quantitative estimate of drug-likeness (QED) is 0.758. The first-order valence-corrected chi connectivity index (χ1v) is 6.53. The highest BCUT2D eigenvalue weighted by Crippen LogP contribution is 2.28. The fraction of sp³-hybridized carbons (Fsp3) is 0.214. The monoisotopic (exact) mass is 299 g/mol. The van der Waals surface area contributed by atoms with Crippen LogP contribution in [0.5, 0.6) is 0 Å². The van der Waals surface area contributed by atoms with E-state index >= 15 is 0 Å². The standard InChI is InChI=1S/C14H13N5O3/c1-18-11-9(13(21)19(2)14(18)22)10(12(20)17-11)16-8-6-4-3-5-7(8)15/h3-6,9H,15H2,1-2H3. The maximum Gasteiger partial charge on any atom is 0.331 e. The van der Waals surface area contributed by atoms with Crippen LogP contribution in [0.4, 0.5) is 16.2 Å². The lowest BCUT2D eigenvalue weighted by molar-refractivity contribution is -0.129. The van der Waals surface area contributed by atoms with E-state index in [1.165, 1.54) is 19.0 Å². The van der Waals surface area contributed by atoms with Gasteiger partial charge in [-0.3, -0.25) is 19.4 Å². The van der Waals surface area contributed by atoms with Crippen LogP contribution in [0.1, 0.15) is 0 Å². The molecule has 112 valence electrons. The number of benzene rings is 1. The van der Waals surface area contributed by atoms with E-state index in [1.807, 2.05) is 0 Å². The van der Waals surface area contributed by atoms with E-state index in [2.05, 4.69) is 9.98 Å². The van der Waals surface area contributed by atoms with Gasteiger partial charge in [-0.1, -0.05) is 12.1 Å². The van der Waals surface area contributed by atoms with E-state index in [0.717, 1.165) is 4.90 Å². The highest BCUT2D eigenvalue weighted by atomic mass is 16.2. The summed E-state index contributed by atoms with van der Waals surface area (Å²) in [4.78, 5) is 46.4. The zero-order valence-electron chi connectivity index (χ0n) is 12.0.